The first kappa shape index (κ1) is 18.4. The summed E-state index contributed by atoms with van der Waals surface area (Å²) in [4.78, 5) is 7.64. The summed E-state index contributed by atoms with van der Waals surface area (Å²) in [5, 5.41) is 14.4. The van der Waals surface area contributed by atoms with Gasteiger partial charge in [0, 0.05) is 76.7 Å². The molecule has 2 atom stereocenters. The minimum absolute atomic E-state index is 0.0940. The molecule has 1 N–H and O–H groups in total. The third-order valence-corrected chi connectivity index (χ3v) is 6.47. The molecule has 0 radical (unpaired) electrons. The quantitative estimate of drug-likeness (QED) is 0.692. The fourth-order valence-electron chi connectivity index (χ4n) is 4.96. The van der Waals surface area contributed by atoms with Crippen molar-refractivity contribution in [2.75, 3.05) is 78.7 Å². The molecule has 1 aromatic rings. The zero-order valence-electron chi connectivity index (χ0n) is 15.8. The summed E-state index contributed by atoms with van der Waals surface area (Å²) in [6, 6.07) is 1.98. The first-order chi connectivity index (χ1) is 12.8. The molecule has 4 rings (SSSR count). The maximum atomic E-state index is 10.2. The molecule has 3 fully saturated rings. The number of fused-ring (bicyclic) bond motifs is 1. The van der Waals surface area contributed by atoms with Gasteiger partial charge in [0.05, 0.1) is 19.8 Å². The predicted molar refractivity (Wildman–Crippen MR) is 100.0 cm³/mol. The third-order valence-electron chi connectivity index (χ3n) is 6.47. The van der Waals surface area contributed by atoms with Crippen LogP contribution in [0.3, 0.4) is 0 Å². The van der Waals surface area contributed by atoms with Crippen LogP contribution in [-0.2, 0) is 11.3 Å². The highest BCUT2D eigenvalue weighted by molar-refractivity contribution is 5.04. The lowest BCUT2D eigenvalue weighted by Crippen LogP contribution is -2.42. The first-order valence-electron chi connectivity index (χ1n) is 10.1. The number of likely N-dealkylation sites (tertiary alicyclic amines) is 2. The minimum atomic E-state index is 0.0940. The summed E-state index contributed by atoms with van der Waals surface area (Å²) in [5.74, 6) is 0.613. The zero-order chi connectivity index (χ0) is 17.8. The van der Waals surface area contributed by atoms with E-state index < -0.39 is 0 Å². The molecule has 0 amide bonds. The van der Waals surface area contributed by atoms with E-state index in [9.17, 15) is 5.11 Å². The number of nitrogens with zero attached hydrogens (tertiary/aromatic N) is 5. The van der Waals surface area contributed by atoms with Crippen molar-refractivity contribution in [3.63, 3.8) is 0 Å². The van der Waals surface area contributed by atoms with Crippen molar-refractivity contribution >= 4 is 0 Å². The van der Waals surface area contributed by atoms with Crippen molar-refractivity contribution < 1.29 is 9.84 Å². The van der Waals surface area contributed by atoms with Gasteiger partial charge >= 0.3 is 0 Å². The Balaban J connectivity index is 1.22. The van der Waals surface area contributed by atoms with Crippen LogP contribution >= 0.6 is 0 Å². The highest BCUT2D eigenvalue weighted by atomic mass is 16.5. The number of morpholine rings is 1. The van der Waals surface area contributed by atoms with E-state index in [4.69, 9.17) is 4.74 Å². The molecule has 4 heterocycles. The molecule has 26 heavy (non-hydrogen) atoms. The zero-order valence-corrected chi connectivity index (χ0v) is 15.8. The van der Waals surface area contributed by atoms with Gasteiger partial charge < -0.3 is 19.6 Å². The van der Waals surface area contributed by atoms with Gasteiger partial charge in [-0.15, -0.1) is 0 Å². The summed E-state index contributed by atoms with van der Waals surface area (Å²) in [5.41, 5.74) is 0.0940. The molecule has 0 aromatic carbocycles. The van der Waals surface area contributed by atoms with Crippen molar-refractivity contribution in [3.05, 3.63) is 18.5 Å². The molecule has 7 heteroatoms. The van der Waals surface area contributed by atoms with Crippen molar-refractivity contribution in [1.82, 2.24) is 24.5 Å². The Kier molecular flexibility index (Phi) is 5.90. The average Bonchev–Trinajstić information content (AvgIpc) is 3.36. The van der Waals surface area contributed by atoms with Crippen LogP contribution < -0.4 is 0 Å². The molecule has 3 aliphatic rings. The highest BCUT2D eigenvalue weighted by Crippen LogP contribution is 2.42. The monoisotopic (exact) mass is 363 g/mol. The van der Waals surface area contributed by atoms with E-state index in [1.165, 1.54) is 0 Å². The van der Waals surface area contributed by atoms with Crippen LogP contribution in [0.1, 0.15) is 6.42 Å². The van der Waals surface area contributed by atoms with Gasteiger partial charge in [-0.3, -0.25) is 9.58 Å². The number of aryl methyl sites for hydroxylation is 1. The number of hydrogen-bond donors (Lipinski definition) is 1. The number of aliphatic hydroxyl groups is 1. The second-order valence-electron chi connectivity index (χ2n) is 8.26. The van der Waals surface area contributed by atoms with Crippen molar-refractivity contribution in [1.29, 1.82) is 0 Å². The van der Waals surface area contributed by atoms with E-state index in [0.717, 1.165) is 85.1 Å². The Morgan fingerprint density at radius 1 is 1.00 bits per heavy atom. The largest absolute Gasteiger partial charge is 0.396 e. The van der Waals surface area contributed by atoms with Crippen LogP contribution in [0.15, 0.2) is 18.5 Å². The molecule has 146 valence electrons. The third kappa shape index (κ3) is 4.12. The fraction of sp³-hybridized carbons (Fsp3) is 0.842. The molecular weight excluding hydrogens is 330 g/mol. The Morgan fingerprint density at radius 2 is 1.73 bits per heavy atom. The number of rotatable bonds is 8. The topological polar surface area (TPSA) is 57.0 Å². The highest BCUT2D eigenvalue weighted by Gasteiger charge is 2.51. The Hall–Kier alpha value is -0.990. The smallest absolute Gasteiger partial charge is 0.0594 e. The second kappa shape index (κ2) is 8.35. The standard InChI is InChI=1S/C19H33N5O2/c25-17-19-15-22(4-2-6-24-5-1-3-20-24)13-18(19)14-23(16-19)8-7-21-9-11-26-12-10-21/h1,3,5,18,25H,2,4,6-17H2. The lowest BCUT2D eigenvalue weighted by atomic mass is 9.82. The minimum Gasteiger partial charge on any atom is -0.396 e. The van der Waals surface area contributed by atoms with E-state index in [-0.39, 0.29) is 5.41 Å². The normalized spacial score (nSPS) is 30.9. The molecule has 0 saturated carbocycles. The summed E-state index contributed by atoms with van der Waals surface area (Å²) < 4.78 is 7.44. The van der Waals surface area contributed by atoms with Gasteiger partial charge in [-0.2, -0.15) is 5.10 Å². The van der Waals surface area contributed by atoms with Gasteiger partial charge in [0.2, 0.25) is 0 Å². The van der Waals surface area contributed by atoms with Crippen LogP contribution in [0.4, 0.5) is 0 Å². The van der Waals surface area contributed by atoms with Crippen molar-refractivity contribution in [2.45, 2.75) is 13.0 Å². The molecule has 0 bridgehead atoms. The van der Waals surface area contributed by atoms with E-state index in [0.29, 0.717) is 12.5 Å². The number of hydrogen-bond acceptors (Lipinski definition) is 6. The summed E-state index contributed by atoms with van der Waals surface area (Å²) in [6.45, 7) is 12.9. The van der Waals surface area contributed by atoms with Gasteiger partial charge in [-0.25, -0.2) is 0 Å². The maximum Gasteiger partial charge on any atom is 0.0594 e. The summed E-state index contributed by atoms with van der Waals surface area (Å²) in [7, 11) is 0. The van der Waals surface area contributed by atoms with Gasteiger partial charge in [-0.1, -0.05) is 0 Å². The number of ether oxygens (including phenoxy) is 1. The van der Waals surface area contributed by atoms with Crippen LogP contribution in [0.2, 0.25) is 0 Å². The van der Waals surface area contributed by atoms with Crippen LogP contribution in [0.5, 0.6) is 0 Å². The van der Waals surface area contributed by atoms with Crippen molar-refractivity contribution in [3.8, 4) is 0 Å². The SMILES string of the molecule is OCC12CN(CCCn3cccn3)CC1CN(CCN1CCOCC1)C2. The number of aromatic nitrogens is 2. The lowest BCUT2D eigenvalue weighted by molar-refractivity contribution is 0.0330. The Labute approximate surface area is 156 Å². The molecule has 0 spiro atoms. The summed E-state index contributed by atoms with van der Waals surface area (Å²) >= 11 is 0. The Morgan fingerprint density at radius 3 is 2.38 bits per heavy atom. The van der Waals surface area contributed by atoms with E-state index in [1.54, 1.807) is 0 Å². The molecule has 3 saturated heterocycles. The predicted octanol–water partition coefficient (Wildman–Crippen LogP) is -0.168. The van der Waals surface area contributed by atoms with E-state index in [2.05, 4.69) is 19.8 Å². The first-order valence-corrected chi connectivity index (χ1v) is 10.1. The van der Waals surface area contributed by atoms with Gasteiger partial charge in [-0.05, 0) is 24.9 Å². The van der Waals surface area contributed by atoms with Crippen LogP contribution in [0.25, 0.3) is 0 Å². The molecule has 3 aliphatic heterocycles. The van der Waals surface area contributed by atoms with Gasteiger partial charge in [0.1, 0.15) is 0 Å². The lowest BCUT2D eigenvalue weighted by Gasteiger charge is -2.30. The molecule has 2 unspecified atom stereocenters. The average molecular weight is 364 g/mol. The van der Waals surface area contributed by atoms with E-state index in [1.807, 2.05) is 23.1 Å². The molecule has 0 aliphatic carbocycles. The molecular formula is C19H33N5O2. The van der Waals surface area contributed by atoms with Gasteiger partial charge in [0.25, 0.3) is 0 Å². The van der Waals surface area contributed by atoms with Crippen LogP contribution in [0, 0.1) is 11.3 Å². The van der Waals surface area contributed by atoms with E-state index >= 15 is 0 Å². The van der Waals surface area contributed by atoms with Gasteiger partial charge in [0.15, 0.2) is 0 Å². The second-order valence-corrected chi connectivity index (χ2v) is 8.26. The van der Waals surface area contributed by atoms with Crippen molar-refractivity contribution in [2.24, 2.45) is 11.3 Å². The fourth-order valence-corrected chi connectivity index (χ4v) is 4.96. The van der Waals surface area contributed by atoms with Crippen LogP contribution in [-0.4, -0.2) is 108 Å². The molecule has 1 aromatic heterocycles. The number of aliphatic hydroxyl groups excluding tert-OH is 1. The Bertz CT molecular complexity index is 548. The molecule has 7 nitrogen and oxygen atoms in total. The maximum absolute atomic E-state index is 10.2. The summed E-state index contributed by atoms with van der Waals surface area (Å²) in [6.07, 6.45) is 4.99.